The molecule has 6 nitrogen and oxygen atoms in total. The number of aliphatic hydroxyl groups is 4. The second kappa shape index (κ2) is 5.81. The molecule has 0 unspecified atom stereocenters. The summed E-state index contributed by atoms with van der Waals surface area (Å²) in [6.07, 6.45) is 1.93. The van der Waals surface area contributed by atoms with Gasteiger partial charge in [-0.2, -0.15) is 0 Å². The zero-order valence-corrected chi connectivity index (χ0v) is 16.1. The number of hydrogen-bond donors (Lipinski definition) is 4. The summed E-state index contributed by atoms with van der Waals surface area (Å²) < 4.78 is 16.8. The minimum Gasteiger partial charge on any atom is -0.390 e. The van der Waals surface area contributed by atoms with Gasteiger partial charge < -0.3 is 20.4 Å². The summed E-state index contributed by atoms with van der Waals surface area (Å²) >= 11 is 0. The molecule has 0 aromatic rings. The van der Waals surface area contributed by atoms with Crippen LogP contribution in [0.5, 0.6) is 0 Å². The molecule has 4 N–H and O–H groups in total. The summed E-state index contributed by atoms with van der Waals surface area (Å²) in [6.45, 7) is 2.33. The molecule has 0 aromatic carbocycles. The van der Waals surface area contributed by atoms with Crippen molar-refractivity contribution in [1.82, 2.24) is 0 Å². The van der Waals surface area contributed by atoms with Gasteiger partial charge >= 0.3 is 0 Å². The van der Waals surface area contributed by atoms with E-state index >= 15 is 4.39 Å². The van der Waals surface area contributed by atoms with E-state index in [0.29, 0.717) is 18.4 Å². The first kappa shape index (κ1) is 19.9. The number of rotatable bonds is 2. The molecule has 8 atom stereocenters. The molecule has 0 aliphatic heterocycles. The molecular formula is C21H27FO6. The van der Waals surface area contributed by atoms with Gasteiger partial charge in [0.15, 0.2) is 22.8 Å². The highest BCUT2D eigenvalue weighted by molar-refractivity contribution is 6.01. The Morgan fingerprint density at radius 2 is 1.93 bits per heavy atom. The predicted octanol–water partition coefficient (Wildman–Crippen LogP) is 0.620. The molecule has 154 valence electrons. The van der Waals surface area contributed by atoms with Crippen LogP contribution in [-0.4, -0.2) is 62.1 Å². The molecule has 7 heteroatoms. The van der Waals surface area contributed by atoms with Crippen molar-refractivity contribution in [3.05, 3.63) is 23.8 Å². The van der Waals surface area contributed by atoms with Crippen LogP contribution in [0, 0.1) is 22.7 Å². The van der Waals surface area contributed by atoms with Crippen molar-refractivity contribution in [2.75, 3.05) is 6.61 Å². The van der Waals surface area contributed by atoms with E-state index in [2.05, 4.69) is 0 Å². The van der Waals surface area contributed by atoms with Gasteiger partial charge in [0.25, 0.3) is 0 Å². The van der Waals surface area contributed by atoms with Crippen molar-refractivity contribution in [2.24, 2.45) is 22.7 Å². The molecule has 4 rings (SSSR count). The molecule has 0 spiro atoms. The average Bonchev–Trinajstić information content (AvgIpc) is 2.84. The van der Waals surface area contributed by atoms with Gasteiger partial charge in [-0.15, -0.1) is 0 Å². The fourth-order valence-electron chi connectivity index (χ4n) is 6.85. The molecule has 28 heavy (non-hydrogen) atoms. The number of allylic oxidation sites excluding steroid dienone is 4. The molecule has 3 saturated carbocycles. The maximum absolute atomic E-state index is 16.8. The van der Waals surface area contributed by atoms with E-state index in [9.17, 15) is 30.0 Å². The summed E-state index contributed by atoms with van der Waals surface area (Å²) in [4.78, 5) is 24.2. The van der Waals surface area contributed by atoms with Gasteiger partial charge in [0.05, 0.1) is 12.2 Å². The third-order valence-corrected chi connectivity index (χ3v) is 8.43. The van der Waals surface area contributed by atoms with Gasteiger partial charge in [0, 0.05) is 16.7 Å². The Hall–Kier alpha value is -1.41. The lowest BCUT2D eigenvalue weighted by atomic mass is 9.44. The normalized spacial score (nSPS) is 52.5. The van der Waals surface area contributed by atoms with Crippen LogP contribution in [0.1, 0.15) is 39.5 Å². The smallest absolute Gasteiger partial charge is 0.192 e. The monoisotopic (exact) mass is 394 g/mol. The first-order valence-corrected chi connectivity index (χ1v) is 9.82. The molecular weight excluding hydrogens is 367 g/mol. The van der Waals surface area contributed by atoms with Crippen LogP contribution in [0.2, 0.25) is 0 Å². The van der Waals surface area contributed by atoms with Crippen molar-refractivity contribution in [2.45, 2.75) is 63.0 Å². The lowest BCUT2D eigenvalue weighted by Gasteiger charge is -2.62. The van der Waals surface area contributed by atoms with Crippen LogP contribution >= 0.6 is 0 Å². The van der Waals surface area contributed by atoms with Crippen LogP contribution in [-0.2, 0) is 9.59 Å². The summed E-state index contributed by atoms with van der Waals surface area (Å²) in [5.74, 6) is -2.38. The SMILES string of the molecule is C[C@]12C=CC(=O)C=C1CC[C@@H]1[C@H]3C[C@@H](O)[C@@](O)(C(=O)CO)[C@@]3(C)C[C@H](O)[C@]12F. The van der Waals surface area contributed by atoms with E-state index in [-0.39, 0.29) is 18.6 Å². The Morgan fingerprint density at radius 3 is 2.57 bits per heavy atom. The van der Waals surface area contributed by atoms with Crippen LogP contribution in [0.25, 0.3) is 0 Å². The number of hydrogen-bond acceptors (Lipinski definition) is 6. The van der Waals surface area contributed by atoms with Gasteiger partial charge in [-0.25, -0.2) is 4.39 Å². The first-order valence-electron chi connectivity index (χ1n) is 9.82. The second-order valence-corrected chi connectivity index (χ2v) is 9.36. The number of Topliss-reactive ketones (excluding diaryl/α,β-unsaturated/α-hetero) is 1. The number of fused-ring (bicyclic) bond motifs is 5. The Kier molecular flexibility index (Phi) is 4.13. The molecule has 0 radical (unpaired) electrons. The number of aliphatic hydroxyl groups excluding tert-OH is 3. The number of carbonyl (C=O) groups excluding carboxylic acids is 2. The van der Waals surface area contributed by atoms with Gasteiger partial charge in [0.2, 0.25) is 0 Å². The average molecular weight is 394 g/mol. The molecule has 0 bridgehead atoms. The maximum atomic E-state index is 16.8. The highest BCUT2D eigenvalue weighted by Crippen LogP contribution is 2.69. The Morgan fingerprint density at radius 1 is 1.25 bits per heavy atom. The molecule has 0 aromatic heterocycles. The second-order valence-electron chi connectivity index (χ2n) is 9.36. The van der Waals surface area contributed by atoms with Crippen LogP contribution < -0.4 is 0 Å². The Labute approximate surface area is 162 Å². The number of carbonyl (C=O) groups is 2. The van der Waals surface area contributed by atoms with Crippen LogP contribution in [0.15, 0.2) is 23.8 Å². The lowest BCUT2D eigenvalue weighted by Crippen LogP contribution is -2.69. The summed E-state index contributed by atoms with van der Waals surface area (Å²) in [7, 11) is 0. The minimum absolute atomic E-state index is 0.0135. The number of ketones is 2. The quantitative estimate of drug-likeness (QED) is 0.546. The topological polar surface area (TPSA) is 115 Å². The molecule has 4 aliphatic rings. The molecule has 0 heterocycles. The van der Waals surface area contributed by atoms with Crippen molar-refractivity contribution in [3.63, 3.8) is 0 Å². The summed E-state index contributed by atoms with van der Waals surface area (Å²) in [5.41, 5.74) is -6.12. The first-order chi connectivity index (χ1) is 13.0. The molecule has 0 amide bonds. The van der Waals surface area contributed by atoms with Crippen molar-refractivity contribution >= 4 is 11.6 Å². The van der Waals surface area contributed by atoms with Crippen LogP contribution in [0.4, 0.5) is 4.39 Å². The third-order valence-electron chi connectivity index (χ3n) is 8.43. The molecule has 0 saturated heterocycles. The van der Waals surface area contributed by atoms with Crippen molar-refractivity contribution < 1.29 is 34.4 Å². The summed E-state index contributed by atoms with van der Waals surface area (Å²) in [6, 6.07) is 0. The fourth-order valence-corrected chi connectivity index (χ4v) is 6.85. The minimum atomic E-state index is -2.23. The van der Waals surface area contributed by atoms with E-state index in [0.717, 1.165) is 0 Å². The Balaban J connectivity index is 1.84. The van der Waals surface area contributed by atoms with Crippen LogP contribution in [0.3, 0.4) is 0 Å². The van der Waals surface area contributed by atoms with Gasteiger partial charge in [0.1, 0.15) is 6.61 Å². The zero-order valence-electron chi connectivity index (χ0n) is 16.1. The highest BCUT2D eigenvalue weighted by atomic mass is 19.1. The lowest BCUT2D eigenvalue weighted by molar-refractivity contribution is -0.222. The largest absolute Gasteiger partial charge is 0.390 e. The van der Waals surface area contributed by atoms with Gasteiger partial charge in [-0.1, -0.05) is 18.6 Å². The zero-order chi connectivity index (χ0) is 20.7. The van der Waals surface area contributed by atoms with E-state index in [1.165, 1.54) is 18.2 Å². The molecule has 3 fully saturated rings. The van der Waals surface area contributed by atoms with Crippen molar-refractivity contribution in [3.8, 4) is 0 Å². The number of halogens is 1. The van der Waals surface area contributed by atoms with Gasteiger partial charge in [-0.05, 0) is 50.7 Å². The predicted molar refractivity (Wildman–Crippen MR) is 96.8 cm³/mol. The number of alkyl halides is 1. The summed E-state index contributed by atoms with van der Waals surface area (Å²) in [5, 5.41) is 42.1. The van der Waals surface area contributed by atoms with E-state index in [1.807, 2.05) is 0 Å². The molecule has 4 aliphatic carbocycles. The van der Waals surface area contributed by atoms with E-state index < -0.39 is 58.5 Å². The third kappa shape index (κ3) is 2.01. The van der Waals surface area contributed by atoms with E-state index in [1.54, 1.807) is 13.8 Å². The fraction of sp³-hybridized carbons (Fsp3) is 0.714. The van der Waals surface area contributed by atoms with Crippen molar-refractivity contribution in [1.29, 1.82) is 0 Å². The maximum Gasteiger partial charge on any atom is 0.192 e. The Bertz CT molecular complexity index is 807. The van der Waals surface area contributed by atoms with E-state index in [4.69, 9.17) is 0 Å². The standard InChI is InChI=1S/C21H27FO6/c1-18-6-5-12(24)7-11(18)3-4-13-14-8-15(25)21(28,17(27)10-23)19(14,2)9-16(26)20(13,18)22/h5-7,13-16,23,25-26,28H,3-4,8-10H2,1-2H3/t13-,14-,15-,16+,18+,19+,20-,21-/m1/s1. The van der Waals surface area contributed by atoms with Gasteiger partial charge in [-0.3, -0.25) is 9.59 Å². The highest BCUT2D eigenvalue weighted by Gasteiger charge is 2.76.